The van der Waals surface area contributed by atoms with Crippen molar-refractivity contribution in [3.05, 3.63) is 16.1 Å². The molecule has 5 heteroatoms. The minimum Gasteiger partial charge on any atom is -0.379 e. The van der Waals surface area contributed by atoms with Gasteiger partial charge in [-0.2, -0.15) is 0 Å². The molecular weight excluding hydrogens is 318 g/mol. The molecule has 1 aliphatic carbocycles. The van der Waals surface area contributed by atoms with Gasteiger partial charge in [-0.25, -0.2) is 4.98 Å². The van der Waals surface area contributed by atoms with Crippen LogP contribution in [-0.2, 0) is 16.7 Å². The molecule has 0 radical (unpaired) electrons. The van der Waals surface area contributed by atoms with Crippen LogP contribution in [0, 0.1) is 0 Å². The van der Waals surface area contributed by atoms with Crippen molar-refractivity contribution < 1.29 is 4.74 Å². The largest absolute Gasteiger partial charge is 0.379 e. The first-order valence-electron chi connectivity index (χ1n) is 9.48. The van der Waals surface area contributed by atoms with Crippen molar-refractivity contribution in [3.63, 3.8) is 0 Å². The molecule has 0 aromatic carbocycles. The van der Waals surface area contributed by atoms with Crippen LogP contribution in [0.25, 0.3) is 0 Å². The van der Waals surface area contributed by atoms with Crippen LogP contribution in [0.3, 0.4) is 0 Å². The highest BCUT2D eigenvalue weighted by Crippen LogP contribution is 2.34. The third kappa shape index (κ3) is 4.37. The molecule has 1 N–H and O–H groups in total. The molecule has 2 fully saturated rings. The molecule has 0 amide bonds. The summed E-state index contributed by atoms with van der Waals surface area (Å²) >= 11 is 1.85. The smallest absolute Gasteiger partial charge is 0.0981 e. The van der Waals surface area contributed by atoms with E-state index in [-0.39, 0.29) is 5.41 Å². The Kier molecular flexibility index (Phi) is 5.96. The Hall–Kier alpha value is -0.490. The Morgan fingerprint density at radius 1 is 1.21 bits per heavy atom. The molecule has 2 heterocycles. The minimum atomic E-state index is 0.154. The molecular formula is C19H33N3OS. The minimum absolute atomic E-state index is 0.154. The zero-order valence-electron chi connectivity index (χ0n) is 15.6. The molecule has 2 aliphatic rings. The van der Waals surface area contributed by atoms with E-state index in [1.807, 2.05) is 11.3 Å². The average Bonchev–Trinajstić information content (AvgIpc) is 3.06. The van der Waals surface area contributed by atoms with Gasteiger partial charge in [-0.15, -0.1) is 11.3 Å². The van der Waals surface area contributed by atoms with E-state index in [9.17, 15) is 0 Å². The molecule has 1 aromatic rings. The zero-order chi connectivity index (χ0) is 17.0. The number of rotatable bonds is 5. The van der Waals surface area contributed by atoms with Crippen LogP contribution in [0.5, 0.6) is 0 Å². The number of morpholine rings is 1. The first-order chi connectivity index (χ1) is 11.5. The summed E-state index contributed by atoms with van der Waals surface area (Å²) in [4.78, 5) is 8.67. The van der Waals surface area contributed by atoms with E-state index in [0.717, 1.165) is 39.4 Å². The highest BCUT2D eigenvalue weighted by atomic mass is 32.1. The van der Waals surface area contributed by atoms with E-state index < -0.39 is 0 Å². The van der Waals surface area contributed by atoms with Gasteiger partial charge in [0.15, 0.2) is 0 Å². The van der Waals surface area contributed by atoms with Crippen molar-refractivity contribution in [3.8, 4) is 0 Å². The van der Waals surface area contributed by atoms with E-state index in [2.05, 4.69) is 42.2 Å². The van der Waals surface area contributed by atoms with Gasteiger partial charge in [0.05, 0.1) is 18.2 Å². The van der Waals surface area contributed by atoms with Crippen molar-refractivity contribution in [2.45, 2.75) is 70.4 Å². The SMILES string of the molecule is CC(C)(C)c1ncc(CNCC2(N3CCOCC3)CCCCC2)s1. The fourth-order valence-electron chi connectivity index (χ4n) is 4.01. The van der Waals surface area contributed by atoms with Gasteiger partial charge in [0.25, 0.3) is 0 Å². The number of thiazole rings is 1. The first kappa shape index (κ1) is 18.3. The summed E-state index contributed by atoms with van der Waals surface area (Å²) in [5, 5.41) is 5.00. The van der Waals surface area contributed by atoms with Gasteiger partial charge in [0.1, 0.15) is 0 Å². The maximum absolute atomic E-state index is 5.58. The number of aromatic nitrogens is 1. The summed E-state index contributed by atoms with van der Waals surface area (Å²) in [7, 11) is 0. The fourth-order valence-corrected chi connectivity index (χ4v) is 4.95. The molecule has 0 bridgehead atoms. The lowest BCUT2D eigenvalue weighted by Crippen LogP contribution is -2.59. The molecule has 1 saturated carbocycles. The summed E-state index contributed by atoms with van der Waals surface area (Å²) in [6.07, 6.45) is 8.85. The predicted molar refractivity (Wildman–Crippen MR) is 101 cm³/mol. The van der Waals surface area contributed by atoms with Crippen molar-refractivity contribution in [2.75, 3.05) is 32.8 Å². The molecule has 0 atom stereocenters. The quantitative estimate of drug-likeness (QED) is 0.880. The van der Waals surface area contributed by atoms with Crippen molar-refractivity contribution in [1.82, 2.24) is 15.2 Å². The molecule has 0 spiro atoms. The number of ether oxygens (including phenoxy) is 1. The second kappa shape index (κ2) is 7.81. The van der Waals surface area contributed by atoms with Crippen LogP contribution in [-0.4, -0.2) is 48.3 Å². The summed E-state index contributed by atoms with van der Waals surface area (Å²) in [6, 6.07) is 0. The summed E-state index contributed by atoms with van der Waals surface area (Å²) in [6.45, 7) is 12.7. The molecule has 1 aliphatic heterocycles. The topological polar surface area (TPSA) is 37.4 Å². The molecule has 1 saturated heterocycles. The summed E-state index contributed by atoms with van der Waals surface area (Å²) < 4.78 is 5.58. The number of nitrogens with one attached hydrogen (secondary N) is 1. The highest BCUT2D eigenvalue weighted by molar-refractivity contribution is 7.11. The molecule has 3 rings (SSSR count). The van der Waals surface area contributed by atoms with Crippen LogP contribution in [0.2, 0.25) is 0 Å². The van der Waals surface area contributed by atoms with E-state index in [0.29, 0.717) is 5.54 Å². The summed E-state index contributed by atoms with van der Waals surface area (Å²) in [5.74, 6) is 0. The normalized spacial score (nSPS) is 22.6. The van der Waals surface area contributed by atoms with Crippen LogP contribution in [0.15, 0.2) is 6.20 Å². The van der Waals surface area contributed by atoms with Crippen LogP contribution >= 0.6 is 11.3 Å². The second-order valence-corrected chi connectivity index (χ2v) is 9.48. The van der Waals surface area contributed by atoms with Gasteiger partial charge in [0.2, 0.25) is 0 Å². The molecule has 0 unspecified atom stereocenters. The first-order valence-corrected chi connectivity index (χ1v) is 10.3. The van der Waals surface area contributed by atoms with Gasteiger partial charge in [0, 0.05) is 48.2 Å². The highest BCUT2D eigenvalue weighted by Gasteiger charge is 2.38. The third-order valence-corrected chi connectivity index (χ3v) is 6.84. The van der Waals surface area contributed by atoms with Gasteiger partial charge < -0.3 is 10.1 Å². The summed E-state index contributed by atoms with van der Waals surface area (Å²) in [5.41, 5.74) is 0.501. The lowest BCUT2D eigenvalue weighted by molar-refractivity contribution is -0.0369. The van der Waals surface area contributed by atoms with Crippen LogP contribution in [0.4, 0.5) is 0 Å². The Labute approximate surface area is 151 Å². The molecule has 136 valence electrons. The van der Waals surface area contributed by atoms with Crippen molar-refractivity contribution in [1.29, 1.82) is 0 Å². The van der Waals surface area contributed by atoms with Crippen LogP contribution < -0.4 is 5.32 Å². The maximum atomic E-state index is 5.58. The lowest BCUT2D eigenvalue weighted by Gasteiger charge is -2.48. The molecule has 24 heavy (non-hydrogen) atoms. The Morgan fingerprint density at radius 2 is 1.92 bits per heavy atom. The third-order valence-electron chi connectivity index (χ3n) is 5.41. The standard InChI is InChI=1S/C19H33N3OS/c1-18(2,3)17-21-14-16(24-17)13-20-15-19(7-5-4-6-8-19)22-9-11-23-12-10-22/h14,20H,4-13,15H2,1-3H3. The Morgan fingerprint density at radius 3 is 2.54 bits per heavy atom. The number of nitrogens with zero attached hydrogens (tertiary/aromatic N) is 2. The Balaban J connectivity index is 1.58. The van der Waals surface area contributed by atoms with Crippen LogP contribution in [0.1, 0.15) is 62.8 Å². The monoisotopic (exact) mass is 351 g/mol. The zero-order valence-corrected chi connectivity index (χ0v) is 16.4. The van der Waals surface area contributed by atoms with Gasteiger partial charge in [-0.05, 0) is 12.8 Å². The van der Waals surface area contributed by atoms with E-state index in [1.54, 1.807) is 0 Å². The predicted octanol–water partition coefficient (Wildman–Crippen LogP) is 3.57. The van der Waals surface area contributed by atoms with E-state index >= 15 is 0 Å². The maximum Gasteiger partial charge on any atom is 0.0981 e. The number of hydrogen-bond acceptors (Lipinski definition) is 5. The van der Waals surface area contributed by atoms with Gasteiger partial charge >= 0.3 is 0 Å². The lowest BCUT2D eigenvalue weighted by atomic mass is 9.79. The van der Waals surface area contributed by atoms with E-state index in [4.69, 9.17) is 4.74 Å². The Bertz CT molecular complexity index is 511. The van der Waals surface area contributed by atoms with Crippen molar-refractivity contribution in [2.24, 2.45) is 0 Å². The van der Waals surface area contributed by atoms with Crippen molar-refractivity contribution >= 4 is 11.3 Å². The molecule has 1 aromatic heterocycles. The van der Waals surface area contributed by atoms with Gasteiger partial charge in [-0.1, -0.05) is 40.0 Å². The van der Waals surface area contributed by atoms with E-state index in [1.165, 1.54) is 42.0 Å². The van der Waals surface area contributed by atoms with Gasteiger partial charge in [-0.3, -0.25) is 4.90 Å². The second-order valence-electron chi connectivity index (χ2n) is 8.37. The fraction of sp³-hybridized carbons (Fsp3) is 0.842. The molecule has 4 nitrogen and oxygen atoms in total. The average molecular weight is 352 g/mol. The number of hydrogen-bond donors (Lipinski definition) is 1.